The zero-order chi connectivity index (χ0) is 18.8. The highest BCUT2D eigenvalue weighted by Gasteiger charge is 2.15. The van der Waals surface area contributed by atoms with Crippen molar-refractivity contribution >= 4 is 33.9 Å². The number of hydrogen-bond acceptors (Lipinski definition) is 6. The Labute approximate surface area is 158 Å². The number of benzene rings is 2. The van der Waals surface area contributed by atoms with E-state index in [2.05, 4.69) is 10.3 Å². The second kappa shape index (κ2) is 7.05. The number of carbonyl (C=O) groups excluding carboxylic acids is 1. The monoisotopic (exact) mass is 378 g/mol. The highest BCUT2D eigenvalue weighted by molar-refractivity contribution is 7.07. The van der Waals surface area contributed by atoms with E-state index in [1.807, 2.05) is 12.1 Å². The summed E-state index contributed by atoms with van der Waals surface area (Å²) in [6.07, 6.45) is 0. The molecule has 0 spiro atoms. The van der Waals surface area contributed by atoms with Crippen LogP contribution in [0.1, 0.15) is 10.5 Å². The molecular weight excluding hydrogens is 364 g/mol. The fourth-order valence-corrected chi connectivity index (χ4v) is 3.30. The van der Waals surface area contributed by atoms with Gasteiger partial charge in [0.05, 0.1) is 29.3 Å². The molecule has 2 aromatic heterocycles. The molecule has 0 radical (unpaired) electrons. The van der Waals surface area contributed by atoms with Crippen molar-refractivity contribution in [3.63, 3.8) is 0 Å². The van der Waals surface area contributed by atoms with E-state index >= 15 is 0 Å². The number of nitrogens with one attached hydrogen (secondary N) is 1. The molecule has 134 valence electrons. The number of hydrogen-bond donors (Lipinski definition) is 1. The lowest BCUT2D eigenvalue weighted by molar-refractivity contribution is 0.102. The van der Waals surface area contributed by atoms with Gasteiger partial charge in [-0.25, -0.2) is 4.98 Å². The van der Waals surface area contributed by atoms with Gasteiger partial charge < -0.3 is 14.5 Å². The summed E-state index contributed by atoms with van der Waals surface area (Å²) >= 11 is 1.33. The van der Waals surface area contributed by atoms with Gasteiger partial charge in [-0.15, -0.1) is 11.3 Å². The summed E-state index contributed by atoms with van der Waals surface area (Å²) in [4.78, 5) is 29.0. The van der Waals surface area contributed by atoms with Gasteiger partial charge in [0.1, 0.15) is 17.2 Å². The van der Waals surface area contributed by atoms with Crippen LogP contribution in [0.3, 0.4) is 0 Å². The van der Waals surface area contributed by atoms with E-state index in [1.165, 1.54) is 17.4 Å². The summed E-state index contributed by atoms with van der Waals surface area (Å²) in [5.74, 6) is 0.582. The second-order valence-corrected chi connectivity index (χ2v) is 6.40. The SMILES string of the molecule is COc1ccccc1-c1cc(=O)c2cccc(NC(=O)c3cscn3)c2o1. The molecule has 2 aromatic carbocycles. The van der Waals surface area contributed by atoms with E-state index in [-0.39, 0.29) is 11.3 Å². The van der Waals surface area contributed by atoms with E-state index in [9.17, 15) is 9.59 Å². The lowest BCUT2D eigenvalue weighted by atomic mass is 10.1. The Morgan fingerprint density at radius 1 is 1.19 bits per heavy atom. The first-order valence-electron chi connectivity index (χ1n) is 8.07. The number of aromatic nitrogens is 1. The number of fused-ring (bicyclic) bond motifs is 1. The molecule has 0 saturated carbocycles. The summed E-state index contributed by atoms with van der Waals surface area (Å²) in [6, 6.07) is 13.7. The molecule has 4 aromatic rings. The third-order valence-electron chi connectivity index (χ3n) is 4.04. The van der Waals surface area contributed by atoms with Crippen LogP contribution in [0.4, 0.5) is 5.69 Å². The van der Waals surface area contributed by atoms with Crippen molar-refractivity contribution in [3.05, 3.63) is 75.3 Å². The van der Waals surface area contributed by atoms with Crippen LogP contribution < -0.4 is 15.5 Å². The van der Waals surface area contributed by atoms with Gasteiger partial charge in [-0.3, -0.25) is 9.59 Å². The van der Waals surface area contributed by atoms with Crippen LogP contribution in [0.25, 0.3) is 22.3 Å². The number of thiazole rings is 1. The summed E-state index contributed by atoms with van der Waals surface area (Å²) < 4.78 is 11.4. The molecule has 0 bridgehead atoms. The first-order valence-corrected chi connectivity index (χ1v) is 9.01. The third kappa shape index (κ3) is 3.20. The molecule has 0 saturated heterocycles. The Morgan fingerprint density at radius 3 is 2.81 bits per heavy atom. The highest BCUT2D eigenvalue weighted by Crippen LogP contribution is 2.32. The normalized spacial score (nSPS) is 10.7. The number of amides is 1. The first kappa shape index (κ1) is 17.0. The van der Waals surface area contributed by atoms with Gasteiger partial charge in [0.15, 0.2) is 11.0 Å². The molecule has 0 atom stereocenters. The minimum atomic E-state index is -0.367. The maximum atomic E-state index is 12.6. The van der Waals surface area contributed by atoms with E-state index in [4.69, 9.17) is 9.15 Å². The van der Waals surface area contributed by atoms with Crippen LogP contribution in [0.2, 0.25) is 0 Å². The molecule has 1 N–H and O–H groups in total. The van der Waals surface area contributed by atoms with Gasteiger partial charge in [0.2, 0.25) is 0 Å². The maximum Gasteiger partial charge on any atom is 0.275 e. The number of methoxy groups -OCH3 is 1. The number of ether oxygens (including phenoxy) is 1. The van der Waals surface area contributed by atoms with Crippen molar-refractivity contribution in [2.45, 2.75) is 0 Å². The average molecular weight is 378 g/mol. The van der Waals surface area contributed by atoms with Crippen molar-refractivity contribution in [3.8, 4) is 17.1 Å². The van der Waals surface area contributed by atoms with Gasteiger partial charge in [-0.1, -0.05) is 18.2 Å². The minimum absolute atomic E-state index is 0.207. The molecule has 0 aliphatic heterocycles. The number of para-hydroxylation sites is 2. The molecule has 6 nitrogen and oxygen atoms in total. The van der Waals surface area contributed by atoms with E-state index in [0.717, 1.165) is 0 Å². The predicted molar refractivity (Wildman–Crippen MR) is 105 cm³/mol. The molecule has 0 aliphatic rings. The average Bonchev–Trinajstić information content (AvgIpc) is 3.23. The highest BCUT2D eigenvalue weighted by atomic mass is 32.1. The topological polar surface area (TPSA) is 81.4 Å². The van der Waals surface area contributed by atoms with E-state index < -0.39 is 0 Å². The summed E-state index contributed by atoms with van der Waals surface area (Å²) in [5, 5.41) is 4.79. The summed E-state index contributed by atoms with van der Waals surface area (Å²) in [6.45, 7) is 0. The minimum Gasteiger partial charge on any atom is -0.496 e. The Kier molecular flexibility index (Phi) is 4.43. The number of carbonyl (C=O) groups is 1. The first-order chi connectivity index (χ1) is 13.2. The van der Waals surface area contributed by atoms with Crippen molar-refractivity contribution in [2.75, 3.05) is 12.4 Å². The Morgan fingerprint density at radius 2 is 2.04 bits per heavy atom. The Balaban J connectivity index is 1.85. The van der Waals surface area contributed by atoms with Crippen LogP contribution >= 0.6 is 11.3 Å². The van der Waals surface area contributed by atoms with Crippen molar-refractivity contribution in [1.29, 1.82) is 0 Å². The molecule has 0 unspecified atom stereocenters. The fourth-order valence-electron chi connectivity index (χ4n) is 2.77. The molecule has 4 rings (SSSR count). The zero-order valence-electron chi connectivity index (χ0n) is 14.3. The summed E-state index contributed by atoms with van der Waals surface area (Å²) in [5.41, 5.74) is 3.04. The second-order valence-electron chi connectivity index (χ2n) is 5.69. The van der Waals surface area contributed by atoms with Crippen molar-refractivity contribution in [2.24, 2.45) is 0 Å². The molecule has 7 heteroatoms. The largest absolute Gasteiger partial charge is 0.496 e. The van der Waals surface area contributed by atoms with Crippen LogP contribution in [0.5, 0.6) is 5.75 Å². The van der Waals surface area contributed by atoms with Crippen LogP contribution in [-0.4, -0.2) is 18.0 Å². The van der Waals surface area contributed by atoms with E-state index in [0.29, 0.717) is 39.4 Å². The lowest BCUT2D eigenvalue weighted by Gasteiger charge is -2.10. The molecule has 1 amide bonds. The van der Waals surface area contributed by atoms with E-state index in [1.54, 1.807) is 48.3 Å². The maximum absolute atomic E-state index is 12.6. The quantitative estimate of drug-likeness (QED) is 0.576. The molecule has 0 aliphatic carbocycles. The van der Waals surface area contributed by atoms with Gasteiger partial charge in [-0.05, 0) is 24.3 Å². The Hall–Kier alpha value is -3.45. The van der Waals surface area contributed by atoms with Gasteiger partial charge in [0, 0.05) is 11.4 Å². The molecule has 0 fully saturated rings. The zero-order valence-corrected chi connectivity index (χ0v) is 15.1. The smallest absolute Gasteiger partial charge is 0.275 e. The fraction of sp³-hybridized carbons (Fsp3) is 0.0500. The van der Waals surface area contributed by atoms with Gasteiger partial charge in [-0.2, -0.15) is 0 Å². The Bertz CT molecular complexity index is 1180. The van der Waals surface area contributed by atoms with Crippen molar-refractivity contribution < 1.29 is 13.9 Å². The summed E-state index contributed by atoms with van der Waals surface area (Å²) in [7, 11) is 1.55. The van der Waals surface area contributed by atoms with Crippen molar-refractivity contribution in [1.82, 2.24) is 4.98 Å². The molecule has 2 heterocycles. The van der Waals surface area contributed by atoms with Gasteiger partial charge in [0.25, 0.3) is 5.91 Å². The van der Waals surface area contributed by atoms with Crippen LogP contribution in [0.15, 0.2) is 68.6 Å². The predicted octanol–water partition coefficient (Wildman–Crippen LogP) is 4.18. The number of rotatable bonds is 4. The van der Waals surface area contributed by atoms with Gasteiger partial charge >= 0.3 is 0 Å². The lowest BCUT2D eigenvalue weighted by Crippen LogP contribution is -2.13. The van der Waals surface area contributed by atoms with Crippen LogP contribution in [-0.2, 0) is 0 Å². The molecule has 27 heavy (non-hydrogen) atoms. The standard InChI is InChI=1S/C20H14N2O4S/c1-25-17-8-3-2-5-13(17)18-9-16(23)12-6-4-7-14(19(12)26-18)22-20(24)15-10-27-11-21-15/h2-11H,1H3,(H,22,24). The van der Waals surface area contributed by atoms with Crippen LogP contribution in [0, 0.1) is 0 Å². The molecular formula is C20H14N2O4S. The number of nitrogens with zero attached hydrogens (tertiary/aromatic N) is 1. The number of anilines is 1. The third-order valence-corrected chi connectivity index (χ3v) is 4.63.